The van der Waals surface area contributed by atoms with Crippen molar-refractivity contribution in [2.75, 3.05) is 0 Å². The topological polar surface area (TPSA) is 0 Å². The van der Waals surface area contributed by atoms with Crippen molar-refractivity contribution in [2.24, 2.45) is 11.3 Å². The van der Waals surface area contributed by atoms with Gasteiger partial charge in [0.15, 0.2) is 0 Å². The molecule has 2 aliphatic rings. The lowest BCUT2D eigenvalue weighted by Gasteiger charge is -2.44. The zero-order valence-electron chi connectivity index (χ0n) is 10.3. The van der Waals surface area contributed by atoms with Gasteiger partial charge in [0, 0.05) is 0 Å². The van der Waals surface area contributed by atoms with Crippen LogP contribution in [-0.4, -0.2) is 0 Å². The smallest absolute Gasteiger partial charge is 0.00747 e. The van der Waals surface area contributed by atoms with Gasteiger partial charge in [-0.25, -0.2) is 0 Å². The summed E-state index contributed by atoms with van der Waals surface area (Å²) < 4.78 is 0. The van der Waals surface area contributed by atoms with Crippen molar-refractivity contribution in [3.8, 4) is 0 Å². The third kappa shape index (κ3) is 1.82. The van der Waals surface area contributed by atoms with E-state index >= 15 is 0 Å². The van der Waals surface area contributed by atoms with E-state index in [1.54, 1.807) is 0 Å². The van der Waals surface area contributed by atoms with Crippen LogP contribution in [-0.2, 0) is 0 Å². The Morgan fingerprint density at radius 3 is 2.87 bits per heavy atom. The molecular formula is C15H22. The lowest BCUT2D eigenvalue weighted by Crippen LogP contribution is -2.33. The van der Waals surface area contributed by atoms with Crippen molar-refractivity contribution in [2.45, 2.75) is 46.5 Å². The summed E-state index contributed by atoms with van der Waals surface area (Å²) in [5, 5.41) is 0. The van der Waals surface area contributed by atoms with E-state index < -0.39 is 0 Å². The van der Waals surface area contributed by atoms with Crippen LogP contribution in [0.4, 0.5) is 0 Å². The standard InChI is InChI=1S/C15H22/c1-11(2)13-7-9-15(4)8-5-6-12(3)14(15)10-13/h7,9,14H,3,5-6,8,10H2,1-2,4H3/t14-,15-/m0/s1. The Labute approximate surface area is 93.8 Å². The zero-order valence-corrected chi connectivity index (χ0v) is 10.3. The van der Waals surface area contributed by atoms with E-state index in [-0.39, 0.29) is 0 Å². The van der Waals surface area contributed by atoms with E-state index in [9.17, 15) is 0 Å². The Bertz CT molecular complexity index is 339. The highest BCUT2D eigenvalue weighted by Crippen LogP contribution is 2.50. The van der Waals surface area contributed by atoms with Crippen LogP contribution in [0.1, 0.15) is 46.5 Å². The van der Waals surface area contributed by atoms with Crippen molar-refractivity contribution in [1.29, 1.82) is 0 Å². The van der Waals surface area contributed by atoms with Gasteiger partial charge in [-0.2, -0.15) is 0 Å². The molecule has 0 aromatic heterocycles. The van der Waals surface area contributed by atoms with E-state index in [4.69, 9.17) is 0 Å². The van der Waals surface area contributed by atoms with Crippen LogP contribution in [0.15, 0.2) is 35.5 Å². The van der Waals surface area contributed by atoms with Crippen LogP contribution in [0.5, 0.6) is 0 Å². The van der Waals surface area contributed by atoms with Crippen LogP contribution < -0.4 is 0 Å². The van der Waals surface area contributed by atoms with Gasteiger partial charge in [-0.15, -0.1) is 0 Å². The van der Waals surface area contributed by atoms with E-state index in [1.807, 2.05) is 0 Å². The zero-order chi connectivity index (χ0) is 11.1. The van der Waals surface area contributed by atoms with Gasteiger partial charge in [0.2, 0.25) is 0 Å². The lowest BCUT2D eigenvalue weighted by atomic mass is 9.61. The summed E-state index contributed by atoms with van der Waals surface area (Å²) in [6, 6.07) is 0. The van der Waals surface area contributed by atoms with E-state index in [0.29, 0.717) is 11.3 Å². The summed E-state index contributed by atoms with van der Waals surface area (Å²) in [6.07, 6.45) is 9.90. The van der Waals surface area contributed by atoms with Crippen molar-refractivity contribution in [3.63, 3.8) is 0 Å². The fourth-order valence-corrected chi connectivity index (χ4v) is 3.04. The summed E-state index contributed by atoms with van der Waals surface area (Å²) in [7, 11) is 0. The Morgan fingerprint density at radius 1 is 1.47 bits per heavy atom. The Balaban J connectivity index is 2.36. The molecule has 2 atom stereocenters. The number of rotatable bonds is 0. The van der Waals surface area contributed by atoms with Crippen LogP contribution in [0.2, 0.25) is 0 Å². The molecule has 0 radical (unpaired) electrons. The highest BCUT2D eigenvalue weighted by molar-refractivity contribution is 5.34. The predicted molar refractivity (Wildman–Crippen MR) is 66.7 cm³/mol. The summed E-state index contributed by atoms with van der Waals surface area (Å²) in [5.74, 6) is 0.696. The van der Waals surface area contributed by atoms with Gasteiger partial charge in [0.1, 0.15) is 0 Å². The molecule has 0 aliphatic heterocycles. The number of allylic oxidation sites excluding steroid dienone is 5. The molecule has 0 heterocycles. The molecule has 1 fully saturated rings. The first-order valence-electron chi connectivity index (χ1n) is 6.06. The molecule has 2 aliphatic carbocycles. The largest absolute Gasteiger partial charge is 0.0995 e. The minimum Gasteiger partial charge on any atom is -0.0995 e. The minimum absolute atomic E-state index is 0.397. The monoisotopic (exact) mass is 202 g/mol. The fraction of sp³-hybridized carbons (Fsp3) is 0.600. The third-order valence-corrected chi connectivity index (χ3v) is 4.23. The molecule has 0 saturated heterocycles. The summed E-state index contributed by atoms with van der Waals surface area (Å²) >= 11 is 0. The van der Waals surface area contributed by atoms with Gasteiger partial charge in [0.25, 0.3) is 0 Å². The third-order valence-electron chi connectivity index (χ3n) is 4.23. The first-order chi connectivity index (χ1) is 7.03. The van der Waals surface area contributed by atoms with Gasteiger partial charge < -0.3 is 0 Å². The second kappa shape index (κ2) is 3.66. The first-order valence-corrected chi connectivity index (χ1v) is 6.06. The lowest BCUT2D eigenvalue weighted by molar-refractivity contribution is 0.222. The summed E-state index contributed by atoms with van der Waals surface area (Å²) in [4.78, 5) is 0. The molecule has 0 nitrogen and oxygen atoms in total. The highest BCUT2D eigenvalue weighted by atomic mass is 14.4. The van der Waals surface area contributed by atoms with Gasteiger partial charge in [-0.3, -0.25) is 0 Å². The molecule has 0 aromatic carbocycles. The van der Waals surface area contributed by atoms with E-state index in [2.05, 4.69) is 39.5 Å². The fourth-order valence-electron chi connectivity index (χ4n) is 3.04. The van der Waals surface area contributed by atoms with Crippen LogP contribution in [0.3, 0.4) is 0 Å². The number of hydrogen-bond acceptors (Lipinski definition) is 0. The second-order valence-electron chi connectivity index (χ2n) is 5.63. The minimum atomic E-state index is 0.397. The summed E-state index contributed by atoms with van der Waals surface area (Å²) in [5.41, 5.74) is 4.87. The summed E-state index contributed by atoms with van der Waals surface area (Å²) in [6.45, 7) is 11.1. The molecular weight excluding hydrogens is 180 g/mol. The Kier molecular flexibility index (Phi) is 2.62. The molecule has 82 valence electrons. The van der Waals surface area contributed by atoms with Crippen LogP contribution in [0, 0.1) is 11.3 Å². The average molecular weight is 202 g/mol. The molecule has 0 spiro atoms. The molecule has 0 bridgehead atoms. The van der Waals surface area contributed by atoms with Crippen LogP contribution in [0.25, 0.3) is 0 Å². The Morgan fingerprint density at radius 2 is 2.20 bits per heavy atom. The highest BCUT2D eigenvalue weighted by Gasteiger charge is 2.38. The maximum Gasteiger partial charge on any atom is -0.00747 e. The number of fused-ring (bicyclic) bond motifs is 1. The van der Waals surface area contributed by atoms with Crippen molar-refractivity contribution >= 4 is 0 Å². The average Bonchev–Trinajstić information content (AvgIpc) is 2.17. The van der Waals surface area contributed by atoms with Gasteiger partial charge in [-0.05, 0) is 56.4 Å². The first kappa shape index (κ1) is 10.7. The maximum absolute atomic E-state index is 4.28. The van der Waals surface area contributed by atoms with E-state index in [0.717, 1.165) is 0 Å². The van der Waals surface area contributed by atoms with E-state index in [1.165, 1.54) is 42.4 Å². The van der Waals surface area contributed by atoms with Crippen molar-refractivity contribution < 1.29 is 0 Å². The van der Waals surface area contributed by atoms with Gasteiger partial charge in [-0.1, -0.05) is 36.8 Å². The molecule has 0 unspecified atom stereocenters. The van der Waals surface area contributed by atoms with Gasteiger partial charge in [0.05, 0.1) is 0 Å². The molecule has 0 aromatic rings. The SMILES string of the molecule is C=C1CCC[C@@]2(C)C=CC(=C(C)C)C[C@@H]12. The maximum atomic E-state index is 4.28. The predicted octanol–water partition coefficient (Wildman–Crippen LogP) is 4.65. The number of hydrogen-bond donors (Lipinski definition) is 0. The van der Waals surface area contributed by atoms with Crippen molar-refractivity contribution in [1.82, 2.24) is 0 Å². The van der Waals surface area contributed by atoms with Crippen molar-refractivity contribution in [3.05, 3.63) is 35.5 Å². The second-order valence-corrected chi connectivity index (χ2v) is 5.63. The molecule has 0 heteroatoms. The molecule has 0 amide bonds. The molecule has 15 heavy (non-hydrogen) atoms. The van der Waals surface area contributed by atoms with Crippen LogP contribution >= 0.6 is 0 Å². The molecule has 2 rings (SSSR count). The molecule has 1 saturated carbocycles. The Hall–Kier alpha value is -0.780. The van der Waals surface area contributed by atoms with Gasteiger partial charge >= 0.3 is 0 Å². The molecule has 0 N–H and O–H groups in total. The normalized spacial score (nSPS) is 35.3. The quantitative estimate of drug-likeness (QED) is 0.502.